The van der Waals surface area contributed by atoms with Crippen molar-refractivity contribution in [2.75, 3.05) is 13.9 Å². The molecule has 0 aliphatic heterocycles. The van der Waals surface area contributed by atoms with Gasteiger partial charge in [0.1, 0.15) is 6.79 Å². The third kappa shape index (κ3) is 1.27. The fourth-order valence-electron chi connectivity index (χ4n) is 3.25. The third-order valence-corrected chi connectivity index (χ3v) is 4.39. The molecule has 0 heterocycles. The van der Waals surface area contributed by atoms with Gasteiger partial charge in [0, 0.05) is 18.9 Å². The highest BCUT2D eigenvalue weighted by atomic mass is 19.3. The molecule has 16 heavy (non-hydrogen) atoms. The van der Waals surface area contributed by atoms with Gasteiger partial charge < -0.3 is 9.47 Å². The molecular formula is C11H17F3O2. The van der Waals surface area contributed by atoms with Gasteiger partial charge >= 0.3 is 5.92 Å². The van der Waals surface area contributed by atoms with Crippen LogP contribution in [0.5, 0.6) is 0 Å². The summed E-state index contributed by atoms with van der Waals surface area (Å²) in [6.45, 7) is 3.14. The van der Waals surface area contributed by atoms with Crippen LogP contribution in [0.15, 0.2) is 0 Å². The molecule has 94 valence electrons. The average molecular weight is 238 g/mol. The van der Waals surface area contributed by atoms with Gasteiger partial charge in [0.25, 0.3) is 5.85 Å². The highest BCUT2D eigenvalue weighted by molar-refractivity contribution is 5.12. The Kier molecular flexibility index (Phi) is 2.74. The maximum Gasteiger partial charge on any atom is 0.309 e. The minimum atomic E-state index is -3.40. The van der Waals surface area contributed by atoms with Gasteiger partial charge in [0.05, 0.1) is 0 Å². The number of hydrogen-bond donors (Lipinski definition) is 0. The molecule has 5 unspecified atom stereocenters. The normalized spacial score (nSPS) is 49.9. The maximum absolute atomic E-state index is 14.3. The van der Waals surface area contributed by atoms with Crippen molar-refractivity contribution in [2.45, 2.75) is 32.0 Å². The second-order valence-electron chi connectivity index (χ2n) is 4.99. The lowest BCUT2D eigenvalue weighted by Gasteiger charge is -2.41. The van der Waals surface area contributed by atoms with Crippen LogP contribution in [-0.2, 0) is 9.47 Å². The third-order valence-electron chi connectivity index (χ3n) is 4.39. The van der Waals surface area contributed by atoms with E-state index in [1.807, 2.05) is 6.92 Å². The second kappa shape index (κ2) is 3.60. The number of alkyl halides is 3. The van der Waals surface area contributed by atoms with Crippen LogP contribution in [0.25, 0.3) is 0 Å². The first kappa shape index (κ1) is 12.2. The minimum absolute atomic E-state index is 0.0773. The Balaban J connectivity index is 2.26. The number of ether oxygens (including phenoxy) is 2. The molecule has 5 heteroatoms. The van der Waals surface area contributed by atoms with E-state index in [9.17, 15) is 13.2 Å². The molecule has 2 bridgehead atoms. The van der Waals surface area contributed by atoms with Crippen LogP contribution >= 0.6 is 0 Å². The summed E-state index contributed by atoms with van der Waals surface area (Å²) in [5.41, 5.74) is 0. The Bertz CT molecular complexity index is 284. The summed E-state index contributed by atoms with van der Waals surface area (Å²) in [7, 11) is 1.29. The quantitative estimate of drug-likeness (QED) is 0.704. The molecular weight excluding hydrogens is 221 g/mol. The summed E-state index contributed by atoms with van der Waals surface area (Å²) in [6.07, 6.45) is 0.204. The monoisotopic (exact) mass is 238 g/mol. The fourth-order valence-corrected chi connectivity index (χ4v) is 3.25. The van der Waals surface area contributed by atoms with Gasteiger partial charge in [-0.1, -0.05) is 13.8 Å². The Labute approximate surface area is 93.1 Å². The van der Waals surface area contributed by atoms with Crippen molar-refractivity contribution in [2.24, 2.45) is 23.7 Å². The molecule has 2 nitrogen and oxygen atoms in total. The largest absolute Gasteiger partial charge is 0.359 e. The summed E-state index contributed by atoms with van der Waals surface area (Å²) in [4.78, 5) is 0. The van der Waals surface area contributed by atoms with Crippen molar-refractivity contribution in [1.82, 2.24) is 0 Å². The van der Waals surface area contributed by atoms with E-state index in [0.717, 1.165) is 0 Å². The molecule has 2 rings (SSSR count). The van der Waals surface area contributed by atoms with E-state index in [1.165, 1.54) is 7.11 Å². The van der Waals surface area contributed by atoms with Crippen molar-refractivity contribution in [3.05, 3.63) is 0 Å². The van der Waals surface area contributed by atoms with Gasteiger partial charge in [-0.25, -0.2) is 4.39 Å². The zero-order valence-corrected chi connectivity index (χ0v) is 9.67. The van der Waals surface area contributed by atoms with Crippen LogP contribution in [0.2, 0.25) is 0 Å². The number of hydrogen-bond acceptors (Lipinski definition) is 2. The molecule has 2 aliphatic carbocycles. The van der Waals surface area contributed by atoms with E-state index < -0.39 is 30.4 Å². The molecule has 2 saturated carbocycles. The molecule has 0 aromatic rings. The van der Waals surface area contributed by atoms with E-state index >= 15 is 0 Å². The van der Waals surface area contributed by atoms with E-state index in [0.29, 0.717) is 0 Å². The van der Waals surface area contributed by atoms with Gasteiger partial charge in [0.2, 0.25) is 0 Å². The lowest BCUT2D eigenvalue weighted by molar-refractivity contribution is -0.332. The Morgan fingerprint density at radius 3 is 2.19 bits per heavy atom. The number of halogens is 3. The fraction of sp³-hybridized carbons (Fsp3) is 1.00. The lowest BCUT2D eigenvalue weighted by Crippen LogP contribution is -2.55. The van der Waals surface area contributed by atoms with Crippen LogP contribution in [-0.4, -0.2) is 25.7 Å². The highest BCUT2D eigenvalue weighted by Gasteiger charge is 2.76. The maximum atomic E-state index is 14.3. The van der Waals surface area contributed by atoms with Crippen molar-refractivity contribution >= 4 is 0 Å². The van der Waals surface area contributed by atoms with E-state index in [2.05, 4.69) is 9.47 Å². The van der Waals surface area contributed by atoms with Crippen LogP contribution in [0, 0.1) is 23.7 Å². The van der Waals surface area contributed by atoms with Crippen LogP contribution in [0.4, 0.5) is 13.2 Å². The Hall–Kier alpha value is -0.290. The van der Waals surface area contributed by atoms with Gasteiger partial charge in [-0.2, -0.15) is 8.78 Å². The summed E-state index contributed by atoms with van der Waals surface area (Å²) < 4.78 is 51.3. The molecule has 0 aromatic carbocycles. The average Bonchev–Trinajstić information content (AvgIpc) is 2.62. The molecule has 2 fully saturated rings. The van der Waals surface area contributed by atoms with E-state index in [-0.39, 0.29) is 18.3 Å². The van der Waals surface area contributed by atoms with Crippen LogP contribution in [0.3, 0.4) is 0 Å². The molecule has 2 aliphatic rings. The minimum Gasteiger partial charge on any atom is -0.359 e. The summed E-state index contributed by atoms with van der Waals surface area (Å²) in [5.74, 6) is -8.12. The first-order valence-corrected chi connectivity index (χ1v) is 5.56. The summed E-state index contributed by atoms with van der Waals surface area (Å²) in [5, 5.41) is 0. The number of fused-ring (bicyclic) bond motifs is 2. The van der Waals surface area contributed by atoms with Crippen molar-refractivity contribution < 1.29 is 22.6 Å². The van der Waals surface area contributed by atoms with Gasteiger partial charge in [-0.3, -0.25) is 0 Å². The zero-order chi connectivity index (χ0) is 12.1. The van der Waals surface area contributed by atoms with Gasteiger partial charge in [0.15, 0.2) is 0 Å². The Morgan fingerprint density at radius 1 is 1.12 bits per heavy atom. The predicted molar refractivity (Wildman–Crippen MR) is 51.7 cm³/mol. The van der Waals surface area contributed by atoms with Crippen LogP contribution in [0.1, 0.15) is 20.3 Å². The summed E-state index contributed by atoms with van der Waals surface area (Å²) in [6, 6.07) is 0. The molecule has 0 amide bonds. The number of rotatable bonds is 3. The molecule has 0 spiro atoms. The van der Waals surface area contributed by atoms with Crippen molar-refractivity contribution in [3.63, 3.8) is 0 Å². The number of methoxy groups -OCH3 is 1. The predicted octanol–water partition coefficient (Wildman–Crippen LogP) is 2.83. The Morgan fingerprint density at radius 2 is 1.69 bits per heavy atom. The van der Waals surface area contributed by atoms with E-state index in [1.54, 1.807) is 6.92 Å². The standard InChI is InChI=1S/C11H17F3O2/c1-6-7(2)9-4-8(6)10(12,13)11(9,14)16-5-15-3/h6-9H,4-5H2,1-3H3. The zero-order valence-electron chi connectivity index (χ0n) is 9.67. The first-order valence-electron chi connectivity index (χ1n) is 5.56. The van der Waals surface area contributed by atoms with Crippen molar-refractivity contribution in [3.8, 4) is 0 Å². The smallest absolute Gasteiger partial charge is 0.309 e. The van der Waals surface area contributed by atoms with Crippen molar-refractivity contribution in [1.29, 1.82) is 0 Å². The van der Waals surface area contributed by atoms with Gasteiger partial charge in [-0.05, 0) is 18.3 Å². The molecule has 5 atom stereocenters. The first-order chi connectivity index (χ1) is 7.36. The lowest BCUT2D eigenvalue weighted by atomic mass is 9.76. The second-order valence-corrected chi connectivity index (χ2v) is 4.99. The molecule has 0 saturated heterocycles. The topological polar surface area (TPSA) is 18.5 Å². The molecule has 0 N–H and O–H groups in total. The SMILES string of the molecule is COCOC1(F)C2CC(C(C)C2C)C1(F)F. The van der Waals surface area contributed by atoms with E-state index in [4.69, 9.17) is 0 Å². The highest BCUT2D eigenvalue weighted by Crippen LogP contribution is 2.65. The summed E-state index contributed by atoms with van der Waals surface area (Å²) >= 11 is 0. The van der Waals surface area contributed by atoms with Gasteiger partial charge in [-0.15, -0.1) is 0 Å². The molecule has 0 aromatic heterocycles. The van der Waals surface area contributed by atoms with Crippen LogP contribution < -0.4 is 0 Å². The molecule has 0 radical (unpaired) electrons.